The minimum absolute atomic E-state index is 0.141. The number of phenolic OH excluding ortho intramolecular Hbond substituents is 1. The van der Waals surface area contributed by atoms with Gasteiger partial charge < -0.3 is 15.3 Å². The van der Waals surface area contributed by atoms with E-state index in [-0.39, 0.29) is 28.7 Å². The van der Waals surface area contributed by atoms with Crippen LogP contribution in [-0.4, -0.2) is 30.9 Å². The van der Waals surface area contributed by atoms with Gasteiger partial charge in [0, 0.05) is 26.7 Å². The van der Waals surface area contributed by atoms with Crippen LogP contribution in [0.1, 0.15) is 22.8 Å². The van der Waals surface area contributed by atoms with Crippen molar-refractivity contribution in [2.75, 3.05) is 24.3 Å². The van der Waals surface area contributed by atoms with Gasteiger partial charge in [0.2, 0.25) is 5.91 Å². The molecule has 0 aliphatic heterocycles. The average Bonchev–Trinajstić information content (AvgIpc) is 2.54. The molecule has 0 aliphatic carbocycles. The molecule has 0 aromatic heterocycles. The standard InChI is InChI=1S/C19H20N2O3/c1-13(22)20-17-6-4-5-16(19(17)24)18(23)12-9-14-7-10-15(11-8-14)21(2)3/h4-12,24H,1-3H3,(H,20,22)/b12-9+. The fraction of sp³-hybridized carbons (Fsp3) is 0.158. The molecule has 2 rings (SSSR count). The van der Waals surface area contributed by atoms with Crippen LogP contribution in [0, 0.1) is 0 Å². The largest absolute Gasteiger partial charge is 0.505 e. The lowest BCUT2D eigenvalue weighted by Gasteiger charge is -2.11. The zero-order valence-electron chi connectivity index (χ0n) is 13.9. The van der Waals surface area contributed by atoms with Gasteiger partial charge in [-0.2, -0.15) is 0 Å². The fourth-order valence-corrected chi connectivity index (χ4v) is 2.18. The molecule has 124 valence electrons. The van der Waals surface area contributed by atoms with Gasteiger partial charge in [0.1, 0.15) is 5.75 Å². The van der Waals surface area contributed by atoms with Crippen molar-refractivity contribution in [1.82, 2.24) is 0 Å². The van der Waals surface area contributed by atoms with Crippen LogP contribution in [0.15, 0.2) is 48.5 Å². The average molecular weight is 324 g/mol. The Labute approximate surface area is 141 Å². The van der Waals surface area contributed by atoms with Crippen molar-refractivity contribution in [3.8, 4) is 5.75 Å². The first-order chi connectivity index (χ1) is 11.4. The second kappa shape index (κ2) is 7.46. The molecule has 2 aromatic carbocycles. The van der Waals surface area contributed by atoms with Crippen LogP contribution in [0.5, 0.6) is 5.75 Å². The van der Waals surface area contributed by atoms with E-state index >= 15 is 0 Å². The maximum Gasteiger partial charge on any atom is 0.221 e. The van der Waals surface area contributed by atoms with E-state index in [0.717, 1.165) is 11.3 Å². The summed E-state index contributed by atoms with van der Waals surface area (Å²) < 4.78 is 0. The van der Waals surface area contributed by atoms with E-state index in [1.165, 1.54) is 25.1 Å². The van der Waals surface area contributed by atoms with Crippen LogP contribution in [-0.2, 0) is 4.79 Å². The first-order valence-corrected chi connectivity index (χ1v) is 7.48. The van der Waals surface area contributed by atoms with Gasteiger partial charge in [0.25, 0.3) is 0 Å². The van der Waals surface area contributed by atoms with Crippen LogP contribution in [0.2, 0.25) is 0 Å². The summed E-state index contributed by atoms with van der Waals surface area (Å²) in [5, 5.41) is 12.6. The number of rotatable bonds is 5. The highest BCUT2D eigenvalue weighted by Crippen LogP contribution is 2.28. The molecule has 0 saturated heterocycles. The minimum atomic E-state index is -0.337. The van der Waals surface area contributed by atoms with E-state index < -0.39 is 0 Å². The maximum atomic E-state index is 12.3. The summed E-state index contributed by atoms with van der Waals surface area (Å²) in [5.74, 6) is -0.881. The molecule has 24 heavy (non-hydrogen) atoms. The molecular formula is C19H20N2O3. The van der Waals surface area contributed by atoms with Crippen molar-refractivity contribution < 1.29 is 14.7 Å². The highest BCUT2D eigenvalue weighted by molar-refractivity contribution is 6.10. The van der Waals surface area contributed by atoms with Gasteiger partial charge in [-0.05, 0) is 35.9 Å². The van der Waals surface area contributed by atoms with Crippen molar-refractivity contribution in [2.45, 2.75) is 6.92 Å². The molecule has 0 fully saturated rings. The van der Waals surface area contributed by atoms with Crippen LogP contribution in [0.3, 0.4) is 0 Å². The van der Waals surface area contributed by atoms with Gasteiger partial charge in [-0.1, -0.05) is 24.3 Å². The molecular weight excluding hydrogens is 304 g/mol. The van der Waals surface area contributed by atoms with E-state index in [1.807, 2.05) is 43.3 Å². The molecule has 0 bridgehead atoms. The number of hydrogen-bond donors (Lipinski definition) is 2. The molecule has 0 radical (unpaired) electrons. The first-order valence-electron chi connectivity index (χ1n) is 7.48. The van der Waals surface area contributed by atoms with Crippen molar-refractivity contribution in [2.24, 2.45) is 0 Å². The number of amides is 1. The number of phenols is 1. The third-order valence-electron chi connectivity index (χ3n) is 3.45. The second-order valence-electron chi connectivity index (χ2n) is 5.57. The summed E-state index contributed by atoms with van der Waals surface area (Å²) in [6.07, 6.45) is 3.09. The summed E-state index contributed by atoms with van der Waals surface area (Å²) in [6.45, 7) is 1.34. The predicted octanol–water partition coefficient (Wildman–Crippen LogP) is 3.31. The van der Waals surface area contributed by atoms with Crippen molar-refractivity contribution in [1.29, 1.82) is 0 Å². The van der Waals surface area contributed by atoms with E-state index in [0.29, 0.717) is 0 Å². The summed E-state index contributed by atoms with van der Waals surface area (Å²) in [5.41, 5.74) is 2.31. The van der Waals surface area contributed by atoms with Gasteiger partial charge in [0.15, 0.2) is 5.78 Å². The number of anilines is 2. The predicted molar refractivity (Wildman–Crippen MR) is 96.5 cm³/mol. The number of carbonyl (C=O) groups excluding carboxylic acids is 2. The summed E-state index contributed by atoms with van der Waals surface area (Å²) in [7, 11) is 3.92. The van der Waals surface area contributed by atoms with Gasteiger partial charge in [0.05, 0.1) is 11.3 Å². The number of nitrogens with one attached hydrogen (secondary N) is 1. The Hall–Kier alpha value is -3.08. The van der Waals surface area contributed by atoms with E-state index in [2.05, 4.69) is 5.32 Å². The quantitative estimate of drug-likeness (QED) is 0.503. The monoisotopic (exact) mass is 324 g/mol. The number of benzene rings is 2. The number of aromatic hydroxyl groups is 1. The molecule has 1 amide bonds. The van der Waals surface area contributed by atoms with Crippen molar-refractivity contribution in [3.63, 3.8) is 0 Å². The molecule has 0 heterocycles. The molecule has 0 atom stereocenters. The highest BCUT2D eigenvalue weighted by Gasteiger charge is 2.12. The van der Waals surface area contributed by atoms with E-state index in [4.69, 9.17) is 0 Å². The molecule has 0 aliphatic rings. The Bertz CT molecular complexity index is 778. The summed E-state index contributed by atoms with van der Waals surface area (Å²) in [4.78, 5) is 25.4. The summed E-state index contributed by atoms with van der Waals surface area (Å²) >= 11 is 0. The Kier molecular flexibility index (Phi) is 5.37. The Morgan fingerprint density at radius 1 is 1.08 bits per heavy atom. The molecule has 2 N–H and O–H groups in total. The van der Waals surface area contributed by atoms with E-state index in [9.17, 15) is 14.7 Å². The topological polar surface area (TPSA) is 69.6 Å². The molecule has 5 nitrogen and oxygen atoms in total. The lowest BCUT2D eigenvalue weighted by Crippen LogP contribution is -2.08. The lowest BCUT2D eigenvalue weighted by atomic mass is 10.1. The molecule has 0 unspecified atom stereocenters. The smallest absolute Gasteiger partial charge is 0.221 e. The number of nitrogens with zero attached hydrogens (tertiary/aromatic N) is 1. The van der Waals surface area contributed by atoms with Crippen LogP contribution < -0.4 is 10.2 Å². The molecule has 0 spiro atoms. The van der Waals surface area contributed by atoms with Crippen molar-refractivity contribution in [3.05, 3.63) is 59.7 Å². The number of hydrogen-bond acceptors (Lipinski definition) is 4. The summed E-state index contributed by atoms with van der Waals surface area (Å²) in [6, 6.07) is 12.4. The molecule has 2 aromatic rings. The first kappa shape index (κ1) is 17.3. The van der Waals surface area contributed by atoms with E-state index in [1.54, 1.807) is 12.1 Å². The normalized spacial score (nSPS) is 10.6. The molecule has 5 heteroatoms. The van der Waals surface area contributed by atoms with Gasteiger partial charge >= 0.3 is 0 Å². The number of ketones is 1. The molecule has 0 saturated carbocycles. The Morgan fingerprint density at radius 2 is 1.75 bits per heavy atom. The SMILES string of the molecule is CC(=O)Nc1cccc(C(=O)/C=C/c2ccc(N(C)C)cc2)c1O. The van der Waals surface area contributed by atoms with Gasteiger partial charge in [-0.25, -0.2) is 0 Å². The Balaban J connectivity index is 2.18. The van der Waals surface area contributed by atoms with Crippen molar-refractivity contribution >= 4 is 29.1 Å². The third kappa shape index (κ3) is 4.23. The Morgan fingerprint density at radius 3 is 2.33 bits per heavy atom. The zero-order valence-corrected chi connectivity index (χ0v) is 13.9. The number of allylic oxidation sites excluding steroid dienone is 1. The zero-order chi connectivity index (χ0) is 17.7. The van der Waals surface area contributed by atoms with Gasteiger partial charge in [-0.3, -0.25) is 9.59 Å². The lowest BCUT2D eigenvalue weighted by molar-refractivity contribution is -0.114. The fourth-order valence-electron chi connectivity index (χ4n) is 2.18. The van der Waals surface area contributed by atoms with Crippen LogP contribution >= 0.6 is 0 Å². The number of para-hydroxylation sites is 1. The van der Waals surface area contributed by atoms with Gasteiger partial charge in [-0.15, -0.1) is 0 Å². The highest BCUT2D eigenvalue weighted by atomic mass is 16.3. The maximum absolute atomic E-state index is 12.3. The minimum Gasteiger partial charge on any atom is -0.505 e. The van der Waals surface area contributed by atoms with Crippen LogP contribution in [0.4, 0.5) is 11.4 Å². The third-order valence-corrected chi connectivity index (χ3v) is 3.45. The second-order valence-corrected chi connectivity index (χ2v) is 5.57. The number of carbonyl (C=O) groups is 2. The van der Waals surface area contributed by atoms with Crippen LogP contribution in [0.25, 0.3) is 6.08 Å².